The van der Waals surface area contributed by atoms with E-state index in [1.807, 2.05) is 49.4 Å². The van der Waals surface area contributed by atoms with E-state index in [1.54, 1.807) is 35.3 Å². The number of aromatic nitrogens is 4. The number of imidazole rings is 1. The van der Waals surface area contributed by atoms with Crippen LogP contribution in [0.25, 0.3) is 16.9 Å². The highest BCUT2D eigenvalue weighted by Crippen LogP contribution is 2.19. The molecule has 2 N–H and O–H groups in total. The summed E-state index contributed by atoms with van der Waals surface area (Å²) in [5, 5.41) is 7.87. The summed E-state index contributed by atoms with van der Waals surface area (Å²) in [5.74, 6) is 0.410. The molecule has 1 unspecified atom stereocenters. The molecule has 28 heavy (non-hydrogen) atoms. The van der Waals surface area contributed by atoms with E-state index in [-0.39, 0.29) is 11.9 Å². The van der Waals surface area contributed by atoms with Gasteiger partial charge in [-0.15, -0.1) is 0 Å². The molecule has 0 saturated carbocycles. The Balaban J connectivity index is 1.46. The van der Waals surface area contributed by atoms with Crippen molar-refractivity contribution in [2.75, 3.05) is 0 Å². The van der Waals surface area contributed by atoms with Crippen molar-refractivity contribution >= 4 is 17.5 Å². The summed E-state index contributed by atoms with van der Waals surface area (Å²) in [6, 6.07) is 18.6. The second-order valence-electron chi connectivity index (χ2n) is 6.37. The first-order valence-electron chi connectivity index (χ1n) is 8.83. The number of hydrogen-bond donors (Lipinski definition) is 2. The van der Waals surface area contributed by atoms with Gasteiger partial charge in [-0.3, -0.25) is 4.79 Å². The van der Waals surface area contributed by atoms with Crippen LogP contribution >= 0.6 is 11.6 Å². The van der Waals surface area contributed by atoms with Crippen molar-refractivity contribution in [3.8, 4) is 16.9 Å². The van der Waals surface area contributed by atoms with Crippen molar-refractivity contribution in [1.82, 2.24) is 25.1 Å². The molecule has 0 fully saturated rings. The van der Waals surface area contributed by atoms with Gasteiger partial charge in [0.2, 0.25) is 0 Å². The van der Waals surface area contributed by atoms with Crippen molar-refractivity contribution in [3.05, 3.63) is 89.6 Å². The third-order valence-corrected chi connectivity index (χ3v) is 4.57. The van der Waals surface area contributed by atoms with Crippen LogP contribution in [0.2, 0.25) is 5.02 Å². The van der Waals surface area contributed by atoms with E-state index in [0.717, 1.165) is 16.9 Å². The monoisotopic (exact) mass is 391 g/mol. The first kappa shape index (κ1) is 18.0. The lowest BCUT2D eigenvalue weighted by molar-refractivity contribution is 0.0933. The molecule has 4 rings (SSSR count). The van der Waals surface area contributed by atoms with Crippen LogP contribution in [0.4, 0.5) is 0 Å². The van der Waals surface area contributed by atoms with Crippen LogP contribution in [-0.2, 0) is 0 Å². The van der Waals surface area contributed by atoms with E-state index in [1.165, 1.54) is 0 Å². The van der Waals surface area contributed by atoms with Gasteiger partial charge in [0.05, 0.1) is 23.6 Å². The number of carbonyl (C=O) groups is 1. The van der Waals surface area contributed by atoms with Gasteiger partial charge in [-0.2, -0.15) is 5.10 Å². The highest BCUT2D eigenvalue weighted by atomic mass is 35.5. The predicted molar refractivity (Wildman–Crippen MR) is 108 cm³/mol. The number of aromatic amines is 1. The number of benzene rings is 2. The van der Waals surface area contributed by atoms with Crippen LogP contribution in [0, 0.1) is 0 Å². The Bertz CT molecular complexity index is 1100. The van der Waals surface area contributed by atoms with Crippen LogP contribution in [0.5, 0.6) is 0 Å². The van der Waals surface area contributed by atoms with Gasteiger partial charge >= 0.3 is 0 Å². The lowest BCUT2D eigenvalue weighted by Crippen LogP contribution is -2.27. The van der Waals surface area contributed by atoms with Crippen molar-refractivity contribution in [3.63, 3.8) is 0 Å². The minimum Gasteiger partial charge on any atom is -0.341 e. The third kappa shape index (κ3) is 3.82. The summed E-state index contributed by atoms with van der Waals surface area (Å²) in [5.41, 5.74) is 3.06. The number of hydrogen-bond acceptors (Lipinski definition) is 3. The standard InChI is InChI=1S/C21H18ClN5O/c1-14(20-23-13-19(25-20)15-6-3-2-4-7-15)24-21(28)18-10-11-27(26-18)17-9-5-8-16(22)12-17/h2-14H,1H3,(H,23,25)(H,24,28). The fourth-order valence-corrected chi connectivity index (χ4v) is 3.05. The Morgan fingerprint density at radius 3 is 2.75 bits per heavy atom. The van der Waals surface area contributed by atoms with Crippen molar-refractivity contribution in [2.45, 2.75) is 13.0 Å². The van der Waals surface area contributed by atoms with Gasteiger partial charge in [0.15, 0.2) is 5.69 Å². The number of halogens is 1. The number of nitrogens with one attached hydrogen (secondary N) is 2. The Morgan fingerprint density at radius 2 is 1.96 bits per heavy atom. The molecule has 0 aliphatic rings. The molecule has 2 aromatic heterocycles. The Hall–Kier alpha value is -3.38. The Kier molecular flexibility index (Phi) is 4.95. The van der Waals surface area contributed by atoms with E-state index in [2.05, 4.69) is 20.4 Å². The molecule has 4 aromatic rings. The number of nitrogens with zero attached hydrogens (tertiary/aromatic N) is 3. The smallest absolute Gasteiger partial charge is 0.272 e. The van der Waals surface area contributed by atoms with E-state index >= 15 is 0 Å². The molecule has 1 atom stereocenters. The minimum absolute atomic E-state index is 0.272. The summed E-state index contributed by atoms with van der Waals surface area (Å²) in [4.78, 5) is 20.2. The fourth-order valence-electron chi connectivity index (χ4n) is 2.87. The highest BCUT2D eigenvalue weighted by Gasteiger charge is 2.17. The maximum absolute atomic E-state index is 12.6. The summed E-state index contributed by atoms with van der Waals surface area (Å²) in [7, 11) is 0. The zero-order valence-electron chi connectivity index (χ0n) is 15.1. The second kappa shape index (κ2) is 7.70. The van der Waals surface area contributed by atoms with Crippen LogP contribution in [0.15, 0.2) is 73.1 Å². The topological polar surface area (TPSA) is 75.6 Å². The molecular formula is C21H18ClN5O. The lowest BCUT2D eigenvalue weighted by atomic mass is 10.2. The molecular weight excluding hydrogens is 374 g/mol. The van der Waals surface area contributed by atoms with Gasteiger partial charge in [0.25, 0.3) is 5.91 Å². The average Bonchev–Trinajstić information content (AvgIpc) is 3.39. The lowest BCUT2D eigenvalue weighted by Gasteiger charge is -2.10. The average molecular weight is 392 g/mol. The van der Waals surface area contributed by atoms with Crippen LogP contribution < -0.4 is 5.32 Å². The van der Waals surface area contributed by atoms with Crippen LogP contribution in [0.1, 0.15) is 29.3 Å². The van der Waals surface area contributed by atoms with E-state index < -0.39 is 0 Å². The largest absolute Gasteiger partial charge is 0.341 e. The van der Waals surface area contributed by atoms with Gasteiger partial charge in [0.1, 0.15) is 5.82 Å². The molecule has 2 aromatic carbocycles. The Labute approximate surface area is 167 Å². The Morgan fingerprint density at radius 1 is 1.14 bits per heavy atom. The molecule has 0 aliphatic heterocycles. The summed E-state index contributed by atoms with van der Waals surface area (Å²) in [6.45, 7) is 1.87. The molecule has 0 bridgehead atoms. The number of H-pyrrole nitrogens is 1. The van der Waals surface area contributed by atoms with Gasteiger partial charge in [0, 0.05) is 11.2 Å². The third-order valence-electron chi connectivity index (χ3n) is 4.33. The van der Waals surface area contributed by atoms with Crippen molar-refractivity contribution in [1.29, 1.82) is 0 Å². The van der Waals surface area contributed by atoms with Crippen molar-refractivity contribution < 1.29 is 4.79 Å². The summed E-state index contributed by atoms with van der Waals surface area (Å²) < 4.78 is 1.62. The molecule has 0 saturated heterocycles. The molecule has 0 aliphatic carbocycles. The normalized spacial score (nSPS) is 11.9. The molecule has 140 valence electrons. The molecule has 0 radical (unpaired) electrons. The number of amides is 1. The molecule has 7 heteroatoms. The zero-order chi connectivity index (χ0) is 19.5. The van der Waals surface area contributed by atoms with Gasteiger partial charge in [-0.25, -0.2) is 9.67 Å². The first-order chi connectivity index (χ1) is 13.6. The van der Waals surface area contributed by atoms with E-state index in [9.17, 15) is 4.79 Å². The van der Waals surface area contributed by atoms with E-state index in [4.69, 9.17) is 11.6 Å². The second-order valence-corrected chi connectivity index (χ2v) is 6.81. The highest BCUT2D eigenvalue weighted by molar-refractivity contribution is 6.30. The first-order valence-corrected chi connectivity index (χ1v) is 9.21. The molecule has 1 amide bonds. The SMILES string of the molecule is CC(NC(=O)c1ccn(-c2cccc(Cl)c2)n1)c1ncc(-c2ccccc2)[nH]1. The molecule has 0 spiro atoms. The van der Waals surface area contributed by atoms with Gasteiger partial charge in [-0.1, -0.05) is 48.0 Å². The van der Waals surface area contributed by atoms with Crippen molar-refractivity contribution in [2.24, 2.45) is 0 Å². The quantitative estimate of drug-likeness (QED) is 0.529. The molecule has 2 heterocycles. The van der Waals surface area contributed by atoms with Crippen LogP contribution in [0.3, 0.4) is 0 Å². The number of rotatable bonds is 5. The fraction of sp³-hybridized carbons (Fsp3) is 0.0952. The number of carbonyl (C=O) groups excluding carboxylic acids is 1. The van der Waals surface area contributed by atoms with Gasteiger partial charge < -0.3 is 10.3 Å². The maximum atomic E-state index is 12.6. The summed E-state index contributed by atoms with van der Waals surface area (Å²) >= 11 is 6.02. The maximum Gasteiger partial charge on any atom is 0.272 e. The van der Waals surface area contributed by atoms with Crippen LogP contribution in [-0.4, -0.2) is 25.7 Å². The van der Waals surface area contributed by atoms with Gasteiger partial charge in [-0.05, 0) is 36.8 Å². The summed E-state index contributed by atoms with van der Waals surface area (Å²) in [6.07, 6.45) is 3.49. The minimum atomic E-state index is -0.290. The predicted octanol–water partition coefficient (Wildman–Crippen LogP) is 4.41. The zero-order valence-corrected chi connectivity index (χ0v) is 15.9. The molecule has 6 nitrogen and oxygen atoms in total. The van der Waals surface area contributed by atoms with E-state index in [0.29, 0.717) is 16.5 Å².